The number of benzene rings is 1. The number of esters is 1. The number of aromatic amines is 1. The maximum atomic E-state index is 13.0. The summed E-state index contributed by atoms with van der Waals surface area (Å²) in [6.07, 6.45) is -0.0380. The Morgan fingerprint density at radius 1 is 1.12 bits per heavy atom. The Balaban J connectivity index is 1.88. The third kappa shape index (κ3) is 4.74. The van der Waals surface area contributed by atoms with Crippen molar-refractivity contribution in [3.05, 3.63) is 57.1 Å². The summed E-state index contributed by atoms with van der Waals surface area (Å²) >= 11 is 0. The van der Waals surface area contributed by atoms with Gasteiger partial charge in [0.25, 0.3) is 5.56 Å². The molecule has 10 heteroatoms. The van der Waals surface area contributed by atoms with E-state index in [0.29, 0.717) is 39.7 Å². The van der Waals surface area contributed by atoms with Crippen LogP contribution in [0.2, 0.25) is 0 Å². The van der Waals surface area contributed by atoms with Crippen LogP contribution in [0.3, 0.4) is 0 Å². The first kappa shape index (κ1) is 22.9. The number of rotatable bonds is 8. The number of aryl methyl sites for hydroxylation is 2. The van der Waals surface area contributed by atoms with Crippen LogP contribution in [0, 0.1) is 13.8 Å². The number of carbonyl (C=O) groups is 2. The van der Waals surface area contributed by atoms with Crippen LogP contribution < -0.4 is 20.3 Å². The van der Waals surface area contributed by atoms with Gasteiger partial charge in [-0.3, -0.25) is 19.5 Å². The van der Waals surface area contributed by atoms with Gasteiger partial charge >= 0.3 is 5.97 Å². The molecule has 0 saturated carbocycles. The molecule has 1 aromatic carbocycles. The zero-order chi connectivity index (χ0) is 23.4. The molecule has 2 aromatic heterocycles. The zero-order valence-electron chi connectivity index (χ0n) is 18.6. The molecule has 0 aliphatic carbocycles. The van der Waals surface area contributed by atoms with Crippen molar-refractivity contribution in [2.75, 3.05) is 21.3 Å². The monoisotopic (exact) mass is 442 g/mol. The molecule has 2 heterocycles. The van der Waals surface area contributed by atoms with Gasteiger partial charge < -0.3 is 19.5 Å². The fourth-order valence-corrected chi connectivity index (χ4v) is 3.59. The molecular formula is C22H26N4O6. The minimum absolute atomic E-state index is 0.0196. The lowest BCUT2D eigenvalue weighted by atomic mass is 10.0. The largest absolute Gasteiger partial charge is 0.493 e. The highest BCUT2D eigenvalue weighted by atomic mass is 16.5. The summed E-state index contributed by atoms with van der Waals surface area (Å²) < 4.78 is 17.0. The first-order valence-corrected chi connectivity index (χ1v) is 9.93. The van der Waals surface area contributed by atoms with E-state index in [1.807, 2.05) is 0 Å². The third-order valence-corrected chi connectivity index (χ3v) is 5.28. The number of aromatic nitrogens is 3. The predicted octanol–water partition coefficient (Wildman–Crippen LogP) is 1.62. The van der Waals surface area contributed by atoms with Gasteiger partial charge in [-0.05, 0) is 31.5 Å². The van der Waals surface area contributed by atoms with Gasteiger partial charge in [0.05, 0.1) is 40.2 Å². The van der Waals surface area contributed by atoms with Crippen LogP contribution in [-0.2, 0) is 20.7 Å². The van der Waals surface area contributed by atoms with Gasteiger partial charge in [0, 0.05) is 23.0 Å². The quantitative estimate of drug-likeness (QED) is 0.508. The molecule has 0 bridgehead atoms. The second-order valence-electron chi connectivity index (χ2n) is 7.27. The number of methoxy groups -OCH3 is 3. The van der Waals surface area contributed by atoms with E-state index < -0.39 is 12.0 Å². The summed E-state index contributed by atoms with van der Waals surface area (Å²) in [6.45, 7) is 3.59. The molecule has 32 heavy (non-hydrogen) atoms. The lowest BCUT2D eigenvalue weighted by molar-refractivity contribution is -0.141. The lowest BCUT2D eigenvalue weighted by Gasteiger charge is -2.20. The molecule has 0 aliphatic rings. The van der Waals surface area contributed by atoms with E-state index in [4.69, 9.17) is 14.2 Å². The van der Waals surface area contributed by atoms with Gasteiger partial charge in [0.2, 0.25) is 5.91 Å². The summed E-state index contributed by atoms with van der Waals surface area (Å²) in [4.78, 5) is 41.0. The van der Waals surface area contributed by atoms with Crippen molar-refractivity contribution in [1.29, 1.82) is 0 Å². The van der Waals surface area contributed by atoms with Crippen LogP contribution in [0.15, 0.2) is 29.1 Å². The van der Waals surface area contributed by atoms with Crippen molar-refractivity contribution < 1.29 is 23.8 Å². The van der Waals surface area contributed by atoms with E-state index in [9.17, 15) is 14.4 Å². The van der Waals surface area contributed by atoms with Gasteiger partial charge in [-0.1, -0.05) is 6.07 Å². The van der Waals surface area contributed by atoms with E-state index >= 15 is 0 Å². The topological polar surface area (TPSA) is 124 Å². The van der Waals surface area contributed by atoms with E-state index in [1.54, 1.807) is 36.6 Å². The Bertz CT molecular complexity index is 1210. The average molecular weight is 442 g/mol. The number of H-pyrrole nitrogens is 1. The van der Waals surface area contributed by atoms with Crippen LogP contribution in [0.1, 0.15) is 35.0 Å². The number of nitrogens with zero attached hydrogens (tertiary/aromatic N) is 2. The fraction of sp³-hybridized carbons (Fsp3) is 0.364. The Labute approximate surface area is 184 Å². The molecule has 0 saturated heterocycles. The molecule has 10 nitrogen and oxygen atoms in total. The van der Waals surface area contributed by atoms with E-state index in [-0.39, 0.29) is 24.3 Å². The molecule has 0 aliphatic heterocycles. The van der Waals surface area contributed by atoms with Crippen LogP contribution >= 0.6 is 0 Å². The van der Waals surface area contributed by atoms with Gasteiger partial charge in [-0.2, -0.15) is 0 Å². The summed E-state index contributed by atoms with van der Waals surface area (Å²) in [5.74, 6) is 0.235. The van der Waals surface area contributed by atoms with Crippen molar-refractivity contribution in [3.63, 3.8) is 0 Å². The van der Waals surface area contributed by atoms with Gasteiger partial charge in [-0.25, -0.2) is 9.50 Å². The molecule has 0 spiro atoms. The van der Waals surface area contributed by atoms with Crippen LogP contribution in [0.4, 0.5) is 0 Å². The number of hydrogen-bond donors (Lipinski definition) is 2. The van der Waals surface area contributed by atoms with Crippen molar-refractivity contribution in [2.45, 2.75) is 32.7 Å². The second-order valence-corrected chi connectivity index (χ2v) is 7.27. The van der Waals surface area contributed by atoms with Crippen molar-refractivity contribution in [1.82, 2.24) is 19.9 Å². The van der Waals surface area contributed by atoms with Gasteiger partial charge in [0.1, 0.15) is 0 Å². The molecule has 3 aromatic rings. The maximum Gasteiger partial charge on any atom is 0.307 e. The first-order chi connectivity index (χ1) is 15.3. The third-order valence-electron chi connectivity index (χ3n) is 5.28. The van der Waals surface area contributed by atoms with Crippen LogP contribution in [-0.4, -0.2) is 47.8 Å². The maximum absolute atomic E-state index is 13.0. The first-order valence-electron chi connectivity index (χ1n) is 9.93. The zero-order valence-corrected chi connectivity index (χ0v) is 18.6. The minimum Gasteiger partial charge on any atom is -0.493 e. The number of fused-ring (bicyclic) bond motifs is 1. The lowest BCUT2D eigenvalue weighted by Crippen LogP contribution is -2.32. The molecule has 3 rings (SSSR count). The van der Waals surface area contributed by atoms with Crippen LogP contribution in [0.5, 0.6) is 11.5 Å². The summed E-state index contributed by atoms with van der Waals surface area (Å²) in [5.41, 5.74) is 2.92. The smallest absolute Gasteiger partial charge is 0.307 e. The molecule has 1 atom stereocenters. The number of amides is 1. The van der Waals surface area contributed by atoms with Crippen LogP contribution in [0.25, 0.3) is 5.65 Å². The summed E-state index contributed by atoms with van der Waals surface area (Å²) in [7, 11) is 4.33. The molecular weight excluding hydrogens is 416 g/mol. The molecule has 1 amide bonds. The SMILES string of the molecule is COC(=O)CC(NC(=O)Cc1c(C)nc2cc(=O)[nH]n2c1C)c1ccc(OC)c(OC)c1. The Morgan fingerprint density at radius 3 is 2.50 bits per heavy atom. The molecule has 170 valence electrons. The molecule has 0 radical (unpaired) electrons. The Hall–Kier alpha value is -3.82. The van der Waals surface area contributed by atoms with Crippen molar-refractivity contribution in [3.8, 4) is 11.5 Å². The fourth-order valence-electron chi connectivity index (χ4n) is 3.59. The van der Waals surface area contributed by atoms with Crippen molar-refractivity contribution >= 4 is 17.5 Å². The average Bonchev–Trinajstić information content (AvgIpc) is 3.15. The van der Waals surface area contributed by atoms with E-state index in [0.717, 1.165) is 0 Å². The minimum atomic E-state index is -0.640. The summed E-state index contributed by atoms with van der Waals surface area (Å²) in [6, 6.07) is 5.93. The number of carbonyl (C=O) groups excluding carboxylic acids is 2. The normalized spacial score (nSPS) is 11.8. The Kier molecular flexibility index (Phi) is 6.82. The predicted molar refractivity (Wildman–Crippen MR) is 116 cm³/mol. The highest BCUT2D eigenvalue weighted by Gasteiger charge is 2.22. The summed E-state index contributed by atoms with van der Waals surface area (Å²) in [5, 5.41) is 5.57. The highest BCUT2D eigenvalue weighted by Crippen LogP contribution is 2.31. The highest BCUT2D eigenvalue weighted by molar-refractivity contribution is 5.81. The van der Waals surface area contributed by atoms with E-state index in [2.05, 4.69) is 15.4 Å². The van der Waals surface area contributed by atoms with Crippen molar-refractivity contribution in [2.24, 2.45) is 0 Å². The number of nitrogens with one attached hydrogen (secondary N) is 2. The van der Waals surface area contributed by atoms with Gasteiger partial charge in [-0.15, -0.1) is 0 Å². The Morgan fingerprint density at radius 2 is 1.84 bits per heavy atom. The number of hydrogen-bond acceptors (Lipinski definition) is 7. The molecule has 0 fully saturated rings. The molecule has 1 unspecified atom stereocenters. The second kappa shape index (κ2) is 9.54. The molecule has 2 N–H and O–H groups in total. The van der Waals surface area contributed by atoms with Gasteiger partial charge in [0.15, 0.2) is 17.1 Å². The van der Waals surface area contributed by atoms with E-state index in [1.165, 1.54) is 27.4 Å². The number of ether oxygens (including phenoxy) is 3. The standard InChI is InChI=1S/C22H26N4O6/c1-12-15(13(2)26-19(23-12)11-21(28)25-26)9-20(27)24-16(10-22(29)32-5)14-6-7-17(30-3)18(8-14)31-4/h6-8,11,16H,9-10H2,1-5H3,(H,24,27)(H,25,28).